The van der Waals surface area contributed by atoms with Gasteiger partial charge in [0.25, 0.3) is 5.91 Å². The Morgan fingerprint density at radius 2 is 1.55 bits per heavy atom. The van der Waals surface area contributed by atoms with E-state index in [2.05, 4.69) is 12.2 Å². The zero-order valence-electron chi connectivity index (χ0n) is 19.2. The molecule has 0 aromatic heterocycles. The summed E-state index contributed by atoms with van der Waals surface area (Å²) in [5, 5.41) is 2.95. The third-order valence-corrected chi connectivity index (χ3v) is 5.26. The van der Waals surface area contributed by atoms with Gasteiger partial charge in [-0.2, -0.15) is 0 Å². The van der Waals surface area contributed by atoms with Crippen molar-refractivity contribution >= 4 is 17.6 Å². The van der Waals surface area contributed by atoms with Crippen molar-refractivity contribution in [2.75, 3.05) is 11.9 Å². The van der Waals surface area contributed by atoms with Gasteiger partial charge in [-0.25, -0.2) is 4.79 Å². The fourth-order valence-electron chi connectivity index (χ4n) is 3.32. The molecule has 5 nitrogen and oxygen atoms in total. The average Bonchev–Trinajstić information content (AvgIpc) is 2.79. The molecule has 2 aromatic rings. The molecule has 0 unspecified atom stereocenters. The lowest BCUT2D eigenvalue weighted by Crippen LogP contribution is -2.30. The lowest BCUT2D eigenvalue weighted by Gasteiger charge is -2.18. The highest BCUT2D eigenvalue weighted by atomic mass is 16.5. The van der Waals surface area contributed by atoms with Gasteiger partial charge in [0.05, 0.1) is 12.2 Å². The summed E-state index contributed by atoms with van der Waals surface area (Å²) in [6.07, 6.45) is 5.29. The summed E-state index contributed by atoms with van der Waals surface area (Å²) < 4.78 is 11.1. The van der Waals surface area contributed by atoms with E-state index >= 15 is 0 Å². The van der Waals surface area contributed by atoms with E-state index in [0.717, 1.165) is 48.2 Å². The van der Waals surface area contributed by atoms with Gasteiger partial charge in [0, 0.05) is 5.69 Å². The fourth-order valence-corrected chi connectivity index (χ4v) is 3.32. The molecule has 0 saturated heterocycles. The summed E-state index contributed by atoms with van der Waals surface area (Å²) in [6.45, 7) is 8.52. The minimum atomic E-state index is -0.906. The van der Waals surface area contributed by atoms with Gasteiger partial charge in [0.1, 0.15) is 5.75 Å². The van der Waals surface area contributed by atoms with E-state index in [9.17, 15) is 9.59 Å². The molecule has 2 aromatic carbocycles. The van der Waals surface area contributed by atoms with E-state index in [1.54, 1.807) is 31.2 Å². The summed E-state index contributed by atoms with van der Waals surface area (Å²) in [5.41, 5.74) is 3.34. The van der Waals surface area contributed by atoms with Crippen LogP contribution in [0.3, 0.4) is 0 Å². The molecule has 1 amide bonds. The number of hydrogen-bond acceptors (Lipinski definition) is 4. The first-order valence-electron chi connectivity index (χ1n) is 11.4. The Hall–Kier alpha value is -2.82. The number of hydrogen-bond donors (Lipinski definition) is 1. The number of para-hydroxylation sites is 1. The molecule has 0 spiro atoms. The normalized spacial score (nSPS) is 11.6. The van der Waals surface area contributed by atoms with E-state index in [1.165, 1.54) is 12.8 Å². The Kier molecular flexibility index (Phi) is 10.1. The molecule has 31 heavy (non-hydrogen) atoms. The van der Waals surface area contributed by atoms with Crippen LogP contribution in [0.2, 0.25) is 0 Å². The molecule has 0 aliphatic heterocycles. The first-order valence-corrected chi connectivity index (χ1v) is 11.4. The highest BCUT2D eigenvalue weighted by Crippen LogP contribution is 2.23. The molecule has 0 fully saturated rings. The standard InChI is InChI=1S/C26H35NO4/c1-5-8-9-10-18-30-23-16-14-22(15-17-23)26(29)31-19(4)25(28)27-24-20(6-2)12-11-13-21(24)7-3/h11-17,19H,5-10,18H2,1-4H3,(H,27,28)/t19-/m1/s1. The first kappa shape index (κ1) is 24.4. The van der Waals surface area contributed by atoms with Gasteiger partial charge in [-0.05, 0) is 61.6 Å². The molecule has 0 saturated carbocycles. The third-order valence-electron chi connectivity index (χ3n) is 5.26. The number of nitrogens with one attached hydrogen (secondary N) is 1. The number of benzene rings is 2. The summed E-state index contributed by atoms with van der Waals surface area (Å²) in [6, 6.07) is 12.8. The minimum absolute atomic E-state index is 0.337. The van der Waals surface area contributed by atoms with Crippen LogP contribution < -0.4 is 10.1 Å². The Balaban J connectivity index is 1.91. The van der Waals surface area contributed by atoms with Crippen LogP contribution >= 0.6 is 0 Å². The van der Waals surface area contributed by atoms with Gasteiger partial charge in [0.15, 0.2) is 6.10 Å². The van der Waals surface area contributed by atoms with Crippen molar-refractivity contribution in [2.45, 2.75) is 72.3 Å². The number of unbranched alkanes of at least 4 members (excludes halogenated alkanes) is 3. The van der Waals surface area contributed by atoms with Gasteiger partial charge in [-0.1, -0.05) is 58.2 Å². The summed E-state index contributed by atoms with van der Waals surface area (Å²) in [4.78, 5) is 25.1. The molecule has 1 atom stereocenters. The smallest absolute Gasteiger partial charge is 0.338 e. The van der Waals surface area contributed by atoms with Crippen LogP contribution in [0.5, 0.6) is 5.75 Å². The maximum Gasteiger partial charge on any atom is 0.338 e. The van der Waals surface area contributed by atoms with Gasteiger partial charge in [-0.3, -0.25) is 4.79 Å². The Morgan fingerprint density at radius 3 is 2.13 bits per heavy atom. The van der Waals surface area contributed by atoms with Crippen LogP contribution in [0, 0.1) is 0 Å². The predicted octanol–water partition coefficient (Wildman–Crippen LogP) is 5.95. The largest absolute Gasteiger partial charge is 0.494 e. The maximum atomic E-state index is 12.7. The molecule has 1 N–H and O–H groups in total. The second-order valence-corrected chi connectivity index (χ2v) is 7.63. The average molecular weight is 426 g/mol. The van der Waals surface area contributed by atoms with Crippen molar-refractivity contribution in [1.82, 2.24) is 0 Å². The zero-order chi connectivity index (χ0) is 22.6. The molecule has 168 valence electrons. The number of aryl methyl sites for hydroxylation is 2. The molecule has 2 rings (SSSR count). The quantitative estimate of drug-likeness (QED) is 0.337. The van der Waals surface area contributed by atoms with Gasteiger partial charge in [0.2, 0.25) is 0 Å². The van der Waals surface area contributed by atoms with E-state index in [1.807, 2.05) is 32.0 Å². The number of amides is 1. The predicted molar refractivity (Wildman–Crippen MR) is 125 cm³/mol. The van der Waals surface area contributed by atoms with Crippen LogP contribution in [-0.2, 0) is 22.4 Å². The molecule has 0 radical (unpaired) electrons. The van der Waals surface area contributed by atoms with Crippen molar-refractivity contribution in [3.63, 3.8) is 0 Å². The van der Waals surface area contributed by atoms with Crippen LogP contribution in [0.15, 0.2) is 42.5 Å². The molecular formula is C26H35NO4. The number of esters is 1. The van der Waals surface area contributed by atoms with Crippen LogP contribution in [-0.4, -0.2) is 24.6 Å². The van der Waals surface area contributed by atoms with Crippen molar-refractivity contribution in [3.05, 3.63) is 59.2 Å². The Morgan fingerprint density at radius 1 is 0.903 bits per heavy atom. The van der Waals surface area contributed by atoms with Crippen molar-refractivity contribution in [3.8, 4) is 5.75 Å². The molecule has 0 bridgehead atoms. The summed E-state index contributed by atoms with van der Waals surface area (Å²) in [5.74, 6) is -0.144. The highest BCUT2D eigenvalue weighted by molar-refractivity contribution is 5.98. The van der Waals surface area contributed by atoms with Gasteiger partial charge in [-0.15, -0.1) is 0 Å². The lowest BCUT2D eigenvalue weighted by atomic mass is 10.0. The molecular weight excluding hydrogens is 390 g/mol. The van der Waals surface area contributed by atoms with Gasteiger partial charge < -0.3 is 14.8 Å². The molecule has 5 heteroatoms. The second-order valence-electron chi connectivity index (χ2n) is 7.63. The summed E-state index contributed by atoms with van der Waals surface area (Å²) in [7, 11) is 0. The number of anilines is 1. The number of carbonyl (C=O) groups excluding carboxylic acids is 2. The maximum absolute atomic E-state index is 12.7. The number of ether oxygens (including phenoxy) is 2. The Bertz CT molecular complexity index is 823. The molecule has 0 aliphatic rings. The summed E-state index contributed by atoms with van der Waals surface area (Å²) >= 11 is 0. The molecule has 0 heterocycles. The fraction of sp³-hybridized carbons (Fsp3) is 0.462. The first-order chi connectivity index (χ1) is 15.0. The Labute approximate surface area is 186 Å². The van der Waals surface area contributed by atoms with E-state index in [4.69, 9.17) is 9.47 Å². The highest BCUT2D eigenvalue weighted by Gasteiger charge is 2.21. The lowest BCUT2D eigenvalue weighted by molar-refractivity contribution is -0.123. The molecule has 0 aliphatic carbocycles. The van der Waals surface area contributed by atoms with Crippen molar-refractivity contribution in [1.29, 1.82) is 0 Å². The van der Waals surface area contributed by atoms with E-state index in [-0.39, 0.29) is 5.91 Å². The van der Waals surface area contributed by atoms with Crippen LogP contribution in [0.25, 0.3) is 0 Å². The monoisotopic (exact) mass is 425 g/mol. The van der Waals surface area contributed by atoms with Crippen LogP contribution in [0.1, 0.15) is 74.9 Å². The second kappa shape index (κ2) is 12.8. The van der Waals surface area contributed by atoms with E-state index in [0.29, 0.717) is 12.2 Å². The van der Waals surface area contributed by atoms with Crippen molar-refractivity contribution < 1.29 is 19.1 Å². The minimum Gasteiger partial charge on any atom is -0.494 e. The van der Waals surface area contributed by atoms with Crippen LogP contribution in [0.4, 0.5) is 5.69 Å². The SMILES string of the molecule is CCCCCCOc1ccc(C(=O)O[C@H](C)C(=O)Nc2c(CC)cccc2CC)cc1. The van der Waals surface area contributed by atoms with E-state index < -0.39 is 12.1 Å². The van der Waals surface area contributed by atoms with Gasteiger partial charge >= 0.3 is 5.97 Å². The zero-order valence-corrected chi connectivity index (χ0v) is 19.2. The third kappa shape index (κ3) is 7.42. The van der Waals surface area contributed by atoms with Crippen molar-refractivity contribution in [2.24, 2.45) is 0 Å². The number of rotatable bonds is 12. The number of carbonyl (C=O) groups is 2. The topological polar surface area (TPSA) is 64.6 Å².